The summed E-state index contributed by atoms with van der Waals surface area (Å²) in [7, 11) is -3.75. The van der Waals surface area contributed by atoms with E-state index < -0.39 is 10.0 Å². The molecule has 0 bridgehead atoms. The number of amides is 1. The minimum Gasteiger partial charge on any atom is -0.325 e. The zero-order valence-electron chi connectivity index (χ0n) is 15.8. The van der Waals surface area contributed by atoms with E-state index in [9.17, 15) is 13.2 Å². The molecule has 0 spiro atoms. The molecule has 156 valence electrons. The predicted molar refractivity (Wildman–Crippen MR) is 124 cm³/mol. The Bertz CT molecular complexity index is 1120. The van der Waals surface area contributed by atoms with Gasteiger partial charge in [-0.3, -0.25) is 9.52 Å². The molecule has 0 aliphatic carbocycles. The summed E-state index contributed by atoms with van der Waals surface area (Å²) in [4.78, 5) is 13.4. The van der Waals surface area contributed by atoms with E-state index in [0.29, 0.717) is 21.4 Å². The number of nitrogens with one attached hydrogen (secondary N) is 2. The van der Waals surface area contributed by atoms with Crippen molar-refractivity contribution in [2.45, 2.75) is 22.0 Å². The topological polar surface area (TPSA) is 75.3 Å². The van der Waals surface area contributed by atoms with E-state index in [-0.39, 0.29) is 16.1 Å². The number of hydrogen-bond acceptors (Lipinski definition) is 4. The number of thioether (sulfide) groups is 1. The molecule has 2 N–H and O–H groups in total. The first-order valence-corrected chi connectivity index (χ1v) is 12.0. The number of carbonyl (C=O) groups excluding carboxylic acids is 1. The molecule has 30 heavy (non-hydrogen) atoms. The van der Waals surface area contributed by atoms with E-state index in [1.165, 1.54) is 23.9 Å². The monoisotopic (exact) mass is 480 g/mol. The third-order valence-corrected chi connectivity index (χ3v) is 7.04. The first-order valence-electron chi connectivity index (χ1n) is 8.84. The Morgan fingerprint density at radius 3 is 1.90 bits per heavy atom. The Morgan fingerprint density at radius 2 is 1.33 bits per heavy atom. The van der Waals surface area contributed by atoms with Gasteiger partial charge in [0.25, 0.3) is 10.0 Å². The van der Waals surface area contributed by atoms with Gasteiger partial charge < -0.3 is 5.32 Å². The van der Waals surface area contributed by atoms with Crippen LogP contribution in [0.5, 0.6) is 0 Å². The van der Waals surface area contributed by atoms with Crippen molar-refractivity contribution in [3.8, 4) is 0 Å². The molecule has 1 atom stereocenters. The molecular formula is C21H18Cl2N2O3S2. The summed E-state index contributed by atoms with van der Waals surface area (Å²) in [5.74, 6) is -0.190. The van der Waals surface area contributed by atoms with Crippen LogP contribution in [0.1, 0.15) is 6.92 Å². The van der Waals surface area contributed by atoms with Crippen molar-refractivity contribution in [2.24, 2.45) is 0 Å². The second-order valence-corrected chi connectivity index (χ2v) is 10.3. The largest absolute Gasteiger partial charge is 0.325 e. The Labute approximate surface area is 189 Å². The van der Waals surface area contributed by atoms with Gasteiger partial charge in [0.05, 0.1) is 10.1 Å². The Morgan fingerprint density at radius 1 is 0.833 bits per heavy atom. The number of benzene rings is 3. The van der Waals surface area contributed by atoms with Crippen LogP contribution in [0.4, 0.5) is 11.4 Å². The summed E-state index contributed by atoms with van der Waals surface area (Å²) in [6, 6.07) is 19.6. The van der Waals surface area contributed by atoms with Crippen LogP contribution in [0, 0.1) is 0 Å². The van der Waals surface area contributed by atoms with Gasteiger partial charge in [-0.05, 0) is 79.7 Å². The van der Waals surface area contributed by atoms with Gasteiger partial charge in [0.15, 0.2) is 0 Å². The van der Waals surface area contributed by atoms with Gasteiger partial charge in [0, 0.05) is 26.3 Å². The average molecular weight is 481 g/mol. The van der Waals surface area contributed by atoms with Gasteiger partial charge in [-0.1, -0.05) is 23.2 Å². The molecule has 3 rings (SSSR count). The lowest BCUT2D eigenvalue weighted by atomic mass is 10.3. The molecule has 0 aliphatic heterocycles. The Kier molecular flexibility index (Phi) is 7.31. The summed E-state index contributed by atoms with van der Waals surface area (Å²) in [5, 5.41) is 3.60. The fourth-order valence-corrected chi connectivity index (χ4v) is 4.64. The molecule has 0 saturated carbocycles. The zero-order valence-corrected chi connectivity index (χ0v) is 18.9. The van der Waals surface area contributed by atoms with Crippen LogP contribution in [0.2, 0.25) is 10.0 Å². The van der Waals surface area contributed by atoms with Crippen molar-refractivity contribution in [3.63, 3.8) is 0 Å². The summed E-state index contributed by atoms with van der Waals surface area (Å²) in [6.45, 7) is 1.80. The van der Waals surface area contributed by atoms with Crippen LogP contribution in [0.3, 0.4) is 0 Å². The first kappa shape index (κ1) is 22.5. The molecular weight excluding hydrogens is 463 g/mol. The van der Waals surface area contributed by atoms with Gasteiger partial charge >= 0.3 is 0 Å². The maximum Gasteiger partial charge on any atom is 0.261 e. The predicted octanol–water partition coefficient (Wildman–Crippen LogP) is 5.91. The molecule has 0 aromatic heterocycles. The maximum absolute atomic E-state index is 12.5. The molecule has 0 fully saturated rings. The highest BCUT2D eigenvalue weighted by Gasteiger charge is 2.17. The lowest BCUT2D eigenvalue weighted by molar-refractivity contribution is -0.115. The van der Waals surface area contributed by atoms with E-state index >= 15 is 0 Å². The van der Waals surface area contributed by atoms with Crippen LogP contribution in [-0.4, -0.2) is 19.6 Å². The van der Waals surface area contributed by atoms with Crippen molar-refractivity contribution < 1.29 is 13.2 Å². The summed E-state index contributed by atoms with van der Waals surface area (Å²) in [6.07, 6.45) is 0. The summed E-state index contributed by atoms with van der Waals surface area (Å²) >= 11 is 13.1. The van der Waals surface area contributed by atoms with Crippen molar-refractivity contribution in [3.05, 3.63) is 82.8 Å². The Balaban J connectivity index is 1.62. The van der Waals surface area contributed by atoms with Crippen LogP contribution < -0.4 is 10.0 Å². The number of sulfonamides is 1. The second kappa shape index (κ2) is 9.75. The number of hydrogen-bond donors (Lipinski definition) is 2. The molecule has 5 nitrogen and oxygen atoms in total. The number of halogens is 2. The van der Waals surface area contributed by atoms with Crippen molar-refractivity contribution >= 4 is 62.3 Å². The highest BCUT2D eigenvalue weighted by Crippen LogP contribution is 2.26. The SMILES string of the molecule is C[C@@H](Sc1ccc(Cl)cc1)C(=O)Nc1ccc(S(=O)(=O)Nc2ccc(Cl)cc2)cc1. The molecule has 3 aromatic carbocycles. The van der Waals surface area contributed by atoms with E-state index in [4.69, 9.17) is 23.2 Å². The number of carbonyl (C=O) groups is 1. The normalized spacial score (nSPS) is 12.2. The van der Waals surface area contributed by atoms with Gasteiger partial charge in [0.1, 0.15) is 0 Å². The van der Waals surface area contributed by atoms with Crippen molar-refractivity contribution in [2.75, 3.05) is 10.0 Å². The third-order valence-electron chi connectivity index (χ3n) is 4.02. The fourth-order valence-electron chi connectivity index (χ4n) is 2.46. The van der Waals surface area contributed by atoms with Crippen LogP contribution in [0.25, 0.3) is 0 Å². The molecule has 0 radical (unpaired) electrons. The van der Waals surface area contributed by atoms with Crippen molar-refractivity contribution in [1.29, 1.82) is 0 Å². The lowest BCUT2D eigenvalue weighted by Crippen LogP contribution is -2.22. The molecule has 0 unspecified atom stereocenters. The van der Waals surface area contributed by atoms with E-state index in [1.54, 1.807) is 55.5 Å². The van der Waals surface area contributed by atoms with Gasteiger partial charge in [-0.2, -0.15) is 0 Å². The molecule has 9 heteroatoms. The van der Waals surface area contributed by atoms with E-state index in [0.717, 1.165) is 4.90 Å². The lowest BCUT2D eigenvalue weighted by Gasteiger charge is -2.13. The minimum absolute atomic E-state index is 0.0824. The van der Waals surface area contributed by atoms with Crippen molar-refractivity contribution in [1.82, 2.24) is 0 Å². The van der Waals surface area contributed by atoms with Gasteiger partial charge in [-0.25, -0.2) is 8.42 Å². The standard InChI is InChI=1S/C21H18Cl2N2O3S2/c1-14(29-19-10-4-16(23)5-11-19)21(26)24-17-8-12-20(13-9-17)30(27,28)25-18-6-2-15(22)3-7-18/h2-14,25H,1H3,(H,24,26)/t14-/m1/s1. The quantitative estimate of drug-likeness (QED) is 0.411. The van der Waals surface area contributed by atoms with E-state index in [1.807, 2.05) is 12.1 Å². The minimum atomic E-state index is -3.75. The van der Waals surface area contributed by atoms with E-state index in [2.05, 4.69) is 10.0 Å². The molecule has 1 amide bonds. The number of rotatable bonds is 7. The van der Waals surface area contributed by atoms with Gasteiger partial charge in [0.2, 0.25) is 5.91 Å². The zero-order chi connectivity index (χ0) is 21.7. The molecule has 0 saturated heterocycles. The molecule has 0 heterocycles. The highest BCUT2D eigenvalue weighted by molar-refractivity contribution is 8.00. The van der Waals surface area contributed by atoms with Crippen LogP contribution in [-0.2, 0) is 14.8 Å². The number of anilines is 2. The average Bonchev–Trinajstić information content (AvgIpc) is 2.71. The molecule has 0 aliphatic rings. The summed E-state index contributed by atoms with van der Waals surface area (Å²) < 4.78 is 27.5. The van der Waals surface area contributed by atoms with Crippen LogP contribution in [0.15, 0.2) is 82.6 Å². The fraction of sp³-hybridized carbons (Fsp3) is 0.0952. The smallest absolute Gasteiger partial charge is 0.261 e. The first-order chi connectivity index (χ1) is 14.2. The van der Waals surface area contributed by atoms with Gasteiger partial charge in [-0.15, -0.1) is 11.8 Å². The maximum atomic E-state index is 12.5. The summed E-state index contributed by atoms with van der Waals surface area (Å²) in [5.41, 5.74) is 0.916. The third kappa shape index (κ3) is 6.15. The van der Waals surface area contributed by atoms with Crippen LogP contribution >= 0.6 is 35.0 Å². The highest BCUT2D eigenvalue weighted by atomic mass is 35.5. The molecule has 3 aromatic rings. The Hall–Kier alpha value is -2.19. The second-order valence-electron chi connectivity index (χ2n) is 6.34.